The number of fused-ring (bicyclic) bond motifs is 1. The Morgan fingerprint density at radius 2 is 2.23 bits per heavy atom. The van der Waals surface area contributed by atoms with E-state index in [1.807, 2.05) is 19.9 Å². The second-order valence-electron chi connectivity index (χ2n) is 7.71. The molecular formula is C20H26N4O2. The predicted octanol–water partition coefficient (Wildman–Crippen LogP) is 2.64. The van der Waals surface area contributed by atoms with Crippen molar-refractivity contribution in [1.29, 1.82) is 0 Å². The summed E-state index contributed by atoms with van der Waals surface area (Å²) in [6.07, 6.45) is 5.11. The molecule has 0 bridgehead atoms. The van der Waals surface area contributed by atoms with E-state index in [1.165, 1.54) is 12.8 Å². The number of hydrogen-bond acceptors (Lipinski definition) is 5. The number of aromatic nitrogens is 3. The Labute approximate surface area is 153 Å². The van der Waals surface area contributed by atoms with E-state index in [0.29, 0.717) is 12.5 Å². The lowest BCUT2D eigenvalue weighted by Gasteiger charge is -2.28. The fourth-order valence-corrected chi connectivity index (χ4v) is 3.31. The first-order chi connectivity index (χ1) is 12.6. The molecule has 2 aromatic heterocycles. The van der Waals surface area contributed by atoms with Gasteiger partial charge in [-0.25, -0.2) is 9.97 Å². The summed E-state index contributed by atoms with van der Waals surface area (Å²) in [6, 6.07) is 4.01. The van der Waals surface area contributed by atoms with Crippen LogP contribution < -0.4 is 10.3 Å². The molecule has 2 aliphatic rings. The fourth-order valence-electron chi connectivity index (χ4n) is 3.31. The Morgan fingerprint density at radius 3 is 3.00 bits per heavy atom. The molecule has 0 unspecified atom stereocenters. The zero-order valence-electron chi connectivity index (χ0n) is 15.5. The molecule has 0 atom stereocenters. The second kappa shape index (κ2) is 7.19. The molecule has 1 aliphatic carbocycles. The minimum Gasteiger partial charge on any atom is -0.477 e. The number of rotatable bonds is 6. The van der Waals surface area contributed by atoms with Crippen LogP contribution >= 0.6 is 0 Å². The first kappa shape index (κ1) is 17.2. The SMILES string of the molecule is CC(C)c1nc2c(c(=O)[nH]1)CN(Cc1cccnc1OCC1CC1)CC2. The van der Waals surface area contributed by atoms with Crippen molar-refractivity contribution < 1.29 is 4.74 Å². The Hall–Kier alpha value is -2.21. The maximum Gasteiger partial charge on any atom is 0.255 e. The van der Waals surface area contributed by atoms with Gasteiger partial charge in [0.05, 0.1) is 17.9 Å². The van der Waals surface area contributed by atoms with E-state index in [9.17, 15) is 4.79 Å². The molecule has 2 aromatic rings. The molecule has 0 saturated heterocycles. The largest absolute Gasteiger partial charge is 0.477 e. The van der Waals surface area contributed by atoms with Crippen molar-refractivity contribution in [2.75, 3.05) is 13.2 Å². The van der Waals surface area contributed by atoms with Gasteiger partial charge >= 0.3 is 0 Å². The summed E-state index contributed by atoms with van der Waals surface area (Å²) < 4.78 is 5.92. The van der Waals surface area contributed by atoms with Gasteiger partial charge < -0.3 is 9.72 Å². The van der Waals surface area contributed by atoms with Crippen LogP contribution in [0.5, 0.6) is 5.88 Å². The highest BCUT2D eigenvalue weighted by molar-refractivity contribution is 5.27. The van der Waals surface area contributed by atoms with Crippen LogP contribution in [0.2, 0.25) is 0 Å². The lowest BCUT2D eigenvalue weighted by Crippen LogP contribution is -2.36. The molecule has 3 heterocycles. The van der Waals surface area contributed by atoms with Crippen LogP contribution in [0.4, 0.5) is 0 Å². The van der Waals surface area contributed by atoms with Crippen LogP contribution in [0.1, 0.15) is 55.3 Å². The predicted molar refractivity (Wildman–Crippen MR) is 99.2 cm³/mol. The summed E-state index contributed by atoms with van der Waals surface area (Å²) in [7, 11) is 0. The fraction of sp³-hybridized carbons (Fsp3) is 0.550. The van der Waals surface area contributed by atoms with Gasteiger partial charge in [0.1, 0.15) is 5.82 Å². The number of nitrogens with one attached hydrogen (secondary N) is 1. The summed E-state index contributed by atoms with van der Waals surface area (Å²) in [4.78, 5) is 26.8. The van der Waals surface area contributed by atoms with Gasteiger partial charge in [-0.15, -0.1) is 0 Å². The monoisotopic (exact) mass is 354 g/mol. The molecule has 6 nitrogen and oxygen atoms in total. The molecule has 0 amide bonds. The lowest BCUT2D eigenvalue weighted by atomic mass is 10.1. The molecule has 1 saturated carbocycles. The average Bonchev–Trinajstić information content (AvgIpc) is 3.45. The number of aromatic amines is 1. The molecule has 1 fully saturated rings. The van der Waals surface area contributed by atoms with E-state index < -0.39 is 0 Å². The molecule has 1 N–H and O–H groups in total. The van der Waals surface area contributed by atoms with Crippen LogP contribution in [0, 0.1) is 5.92 Å². The second-order valence-corrected chi connectivity index (χ2v) is 7.71. The van der Waals surface area contributed by atoms with E-state index in [2.05, 4.69) is 25.9 Å². The minimum atomic E-state index is -0.000191. The van der Waals surface area contributed by atoms with Gasteiger partial charge in [-0.3, -0.25) is 9.69 Å². The number of hydrogen-bond donors (Lipinski definition) is 1. The number of H-pyrrole nitrogens is 1. The third-order valence-electron chi connectivity index (χ3n) is 5.11. The molecule has 0 aromatic carbocycles. The van der Waals surface area contributed by atoms with E-state index in [4.69, 9.17) is 4.74 Å². The molecule has 6 heteroatoms. The van der Waals surface area contributed by atoms with Gasteiger partial charge in [-0.1, -0.05) is 19.9 Å². The minimum absolute atomic E-state index is 0.000191. The van der Waals surface area contributed by atoms with Crippen molar-refractivity contribution in [3.8, 4) is 5.88 Å². The van der Waals surface area contributed by atoms with Gasteiger partial charge in [0.25, 0.3) is 5.56 Å². The summed E-state index contributed by atoms with van der Waals surface area (Å²) in [5, 5.41) is 0. The molecular weight excluding hydrogens is 328 g/mol. The zero-order chi connectivity index (χ0) is 18.1. The average molecular weight is 354 g/mol. The highest BCUT2D eigenvalue weighted by atomic mass is 16.5. The number of ether oxygens (including phenoxy) is 1. The van der Waals surface area contributed by atoms with Gasteiger partial charge in [0.15, 0.2) is 0 Å². The van der Waals surface area contributed by atoms with E-state index in [0.717, 1.165) is 54.6 Å². The van der Waals surface area contributed by atoms with Crippen LogP contribution in [-0.2, 0) is 19.5 Å². The summed E-state index contributed by atoms with van der Waals surface area (Å²) in [5.41, 5.74) is 2.83. The Morgan fingerprint density at radius 1 is 1.38 bits per heavy atom. The first-order valence-electron chi connectivity index (χ1n) is 9.51. The molecule has 0 radical (unpaired) electrons. The standard InChI is InChI=1S/C20H26N4O2/c1-13(2)18-22-17-7-9-24(11-16(17)19(25)23-18)10-15-4-3-8-21-20(15)26-12-14-5-6-14/h3-4,8,13-14H,5-7,9-12H2,1-2H3,(H,22,23,25). The number of nitrogens with zero attached hydrogens (tertiary/aromatic N) is 3. The Bertz CT molecular complexity index is 842. The van der Waals surface area contributed by atoms with E-state index in [1.54, 1.807) is 6.20 Å². The number of pyridine rings is 1. The van der Waals surface area contributed by atoms with E-state index >= 15 is 0 Å². The molecule has 1 aliphatic heterocycles. The Kier molecular flexibility index (Phi) is 4.76. The van der Waals surface area contributed by atoms with Crippen LogP contribution in [0.15, 0.2) is 23.1 Å². The molecule has 0 spiro atoms. The van der Waals surface area contributed by atoms with Crippen LogP contribution in [-0.4, -0.2) is 33.0 Å². The topological polar surface area (TPSA) is 71.1 Å². The lowest BCUT2D eigenvalue weighted by molar-refractivity contribution is 0.230. The van der Waals surface area contributed by atoms with Gasteiger partial charge in [0, 0.05) is 43.7 Å². The normalized spacial score (nSPS) is 17.3. The third kappa shape index (κ3) is 3.80. The van der Waals surface area contributed by atoms with Gasteiger partial charge in [-0.05, 0) is 24.8 Å². The van der Waals surface area contributed by atoms with Crippen molar-refractivity contribution in [3.63, 3.8) is 0 Å². The highest BCUT2D eigenvalue weighted by Crippen LogP contribution is 2.30. The Balaban J connectivity index is 1.49. The smallest absolute Gasteiger partial charge is 0.255 e. The maximum absolute atomic E-state index is 12.5. The van der Waals surface area contributed by atoms with Crippen LogP contribution in [0.3, 0.4) is 0 Å². The van der Waals surface area contributed by atoms with Gasteiger partial charge in [0.2, 0.25) is 5.88 Å². The van der Waals surface area contributed by atoms with Crippen molar-refractivity contribution in [2.24, 2.45) is 5.92 Å². The quantitative estimate of drug-likeness (QED) is 0.863. The van der Waals surface area contributed by atoms with E-state index in [-0.39, 0.29) is 11.5 Å². The van der Waals surface area contributed by atoms with Crippen molar-refractivity contribution in [2.45, 2.75) is 52.1 Å². The third-order valence-corrected chi connectivity index (χ3v) is 5.11. The van der Waals surface area contributed by atoms with Crippen molar-refractivity contribution in [3.05, 3.63) is 51.3 Å². The zero-order valence-corrected chi connectivity index (χ0v) is 15.5. The van der Waals surface area contributed by atoms with Gasteiger partial charge in [-0.2, -0.15) is 0 Å². The summed E-state index contributed by atoms with van der Waals surface area (Å²) >= 11 is 0. The molecule has 4 rings (SSSR count). The maximum atomic E-state index is 12.5. The van der Waals surface area contributed by atoms with Crippen LogP contribution in [0.25, 0.3) is 0 Å². The summed E-state index contributed by atoms with van der Waals surface area (Å²) in [5.74, 6) is 2.44. The van der Waals surface area contributed by atoms with Crippen molar-refractivity contribution in [1.82, 2.24) is 19.9 Å². The first-order valence-corrected chi connectivity index (χ1v) is 9.51. The molecule has 138 valence electrons. The highest BCUT2D eigenvalue weighted by Gasteiger charge is 2.24. The van der Waals surface area contributed by atoms with Crippen molar-refractivity contribution >= 4 is 0 Å². The summed E-state index contributed by atoms with van der Waals surface area (Å²) in [6.45, 7) is 7.09. The molecule has 26 heavy (non-hydrogen) atoms.